The van der Waals surface area contributed by atoms with Gasteiger partial charge in [-0.3, -0.25) is 4.90 Å². The van der Waals surface area contributed by atoms with Gasteiger partial charge in [-0.25, -0.2) is 0 Å². The molecule has 4 aliphatic heterocycles. The van der Waals surface area contributed by atoms with E-state index in [1.165, 1.54) is 154 Å². The molecular formula is C54H85NO2S2. The predicted octanol–water partition coefficient (Wildman–Crippen LogP) is 13.5. The van der Waals surface area contributed by atoms with Crippen LogP contribution in [0.4, 0.5) is 0 Å². The van der Waals surface area contributed by atoms with Crippen molar-refractivity contribution < 1.29 is 9.47 Å². The molecule has 13 aliphatic rings. The molecular weight excluding hydrogens is 759 g/mol. The van der Waals surface area contributed by atoms with Crippen molar-refractivity contribution >= 4 is 23.5 Å². The Balaban J connectivity index is 0.713. The van der Waals surface area contributed by atoms with Crippen molar-refractivity contribution in [3.8, 4) is 0 Å². The molecule has 3 nitrogen and oxygen atoms in total. The van der Waals surface area contributed by atoms with Crippen LogP contribution in [0, 0.1) is 71.0 Å². The highest BCUT2D eigenvalue weighted by Crippen LogP contribution is 2.64. The molecule has 4 saturated heterocycles. The number of nitrogens with zero attached hydrogens (tertiary/aromatic N) is 1. The van der Waals surface area contributed by atoms with Gasteiger partial charge in [0.25, 0.3) is 0 Å². The second kappa shape index (κ2) is 16.8. The molecule has 0 radical (unpaired) electrons. The monoisotopic (exact) mass is 844 g/mol. The van der Waals surface area contributed by atoms with E-state index in [2.05, 4.69) is 28.4 Å². The third-order valence-corrected chi connectivity index (χ3v) is 26.2. The first-order valence-corrected chi connectivity index (χ1v) is 29.5. The first-order valence-electron chi connectivity index (χ1n) is 27.6. The van der Waals surface area contributed by atoms with Crippen LogP contribution in [0.2, 0.25) is 0 Å². The fourth-order valence-electron chi connectivity index (χ4n) is 20.1. The van der Waals surface area contributed by atoms with Crippen molar-refractivity contribution in [2.45, 2.75) is 263 Å². The molecule has 0 N–H and O–H groups in total. The first kappa shape index (κ1) is 39.9. The second-order valence-electron chi connectivity index (χ2n) is 24.5. The molecule has 9 saturated carbocycles. The van der Waals surface area contributed by atoms with Crippen molar-refractivity contribution in [1.29, 1.82) is 0 Å². The minimum atomic E-state index is 0.619. The van der Waals surface area contributed by atoms with Gasteiger partial charge in [-0.05, 0) is 206 Å². The van der Waals surface area contributed by atoms with E-state index in [-0.39, 0.29) is 0 Å². The van der Waals surface area contributed by atoms with E-state index in [1.807, 2.05) is 0 Å². The van der Waals surface area contributed by atoms with Crippen LogP contribution in [0.1, 0.15) is 199 Å². The van der Waals surface area contributed by atoms with Gasteiger partial charge in [0.15, 0.2) is 0 Å². The van der Waals surface area contributed by atoms with E-state index in [9.17, 15) is 0 Å². The van der Waals surface area contributed by atoms with Crippen LogP contribution in [0.25, 0.3) is 0 Å². The third-order valence-electron chi connectivity index (χ3n) is 22.3. The van der Waals surface area contributed by atoms with Gasteiger partial charge in [0.2, 0.25) is 0 Å². The lowest BCUT2D eigenvalue weighted by molar-refractivity contribution is -0.0565. The van der Waals surface area contributed by atoms with Gasteiger partial charge in [-0.15, -0.1) is 0 Å². The highest BCUT2D eigenvalue weighted by Gasteiger charge is 2.60. The predicted molar refractivity (Wildman–Crippen MR) is 246 cm³/mol. The van der Waals surface area contributed by atoms with Crippen LogP contribution < -0.4 is 0 Å². The zero-order chi connectivity index (χ0) is 38.6. The molecule has 19 atom stereocenters. The van der Waals surface area contributed by atoms with Gasteiger partial charge in [-0.2, -0.15) is 23.5 Å². The van der Waals surface area contributed by atoms with Gasteiger partial charge in [0, 0.05) is 45.0 Å². The Morgan fingerprint density at radius 1 is 0.322 bits per heavy atom. The quantitative estimate of drug-likeness (QED) is 0.274. The second-order valence-corrected chi connectivity index (χ2v) is 27.3. The van der Waals surface area contributed by atoms with E-state index in [0.717, 1.165) is 110 Å². The molecule has 0 amide bonds. The van der Waals surface area contributed by atoms with E-state index in [4.69, 9.17) is 9.47 Å². The Labute approximate surface area is 369 Å². The largest absolute Gasteiger partial charge is 0.374 e. The normalized spacial score (nSPS) is 56.8. The first-order chi connectivity index (χ1) is 29.2. The molecule has 0 aromatic heterocycles. The highest BCUT2D eigenvalue weighted by atomic mass is 32.2. The SMILES string of the molecule is C1CCC2C(C1)OC1C(C3CCC(N(C4CCC(C5CCCC6C7CCC8OC9CCCCC9C8C7SC56)CC4)C4CCCC5C6CCCCC6SC54)CC3)CCCC21. The summed E-state index contributed by atoms with van der Waals surface area (Å²) in [6.45, 7) is 0. The van der Waals surface area contributed by atoms with Crippen LogP contribution in [0.15, 0.2) is 0 Å². The maximum absolute atomic E-state index is 7.13. The average molecular weight is 844 g/mol. The van der Waals surface area contributed by atoms with Gasteiger partial charge in [0.05, 0.1) is 24.4 Å². The Morgan fingerprint density at radius 2 is 0.881 bits per heavy atom. The number of rotatable bonds is 5. The molecule has 0 spiro atoms. The summed E-state index contributed by atoms with van der Waals surface area (Å²) in [6.07, 6.45) is 49.0. The highest BCUT2D eigenvalue weighted by molar-refractivity contribution is 8.01. The van der Waals surface area contributed by atoms with Crippen LogP contribution in [-0.2, 0) is 9.47 Å². The van der Waals surface area contributed by atoms with Gasteiger partial charge in [0.1, 0.15) is 0 Å². The van der Waals surface area contributed by atoms with Gasteiger partial charge in [-0.1, -0.05) is 57.8 Å². The number of hydrogen-bond donors (Lipinski definition) is 0. The summed E-state index contributed by atoms with van der Waals surface area (Å²) < 4.78 is 14.0. The summed E-state index contributed by atoms with van der Waals surface area (Å²) in [6, 6.07) is 2.62. The Bertz CT molecular complexity index is 1460. The smallest absolute Gasteiger partial charge is 0.0641 e. The zero-order valence-electron chi connectivity index (χ0n) is 37.3. The van der Waals surface area contributed by atoms with Crippen LogP contribution in [-0.4, -0.2) is 68.4 Å². The molecule has 330 valence electrons. The summed E-state index contributed by atoms with van der Waals surface area (Å²) in [5.74, 6) is 11.7. The molecule has 0 bridgehead atoms. The fourth-order valence-corrected chi connectivity index (χ4v) is 24.9. The maximum atomic E-state index is 7.13. The van der Waals surface area contributed by atoms with E-state index in [0.29, 0.717) is 24.4 Å². The van der Waals surface area contributed by atoms with Gasteiger partial charge >= 0.3 is 0 Å². The molecule has 59 heavy (non-hydrogen) atoms. The molecule has 19 unspecified atom stereocenters. The lowest BCUT2D eigenvalue weighted by Crippen LogP contribution is -2.57. The molecule has 13 rings (SSSR count). The van der Waals surface area contributed by atoms with Crippen LogP contribution >= 0.6 is 23.5 Å². The lowest BCUT2D eigenvalue weighted by atomic mass is 9.62. The number of thioether (sulfide) groups is 2. The minimum Gasteiger partial charge on any atom is -0.374 e. The molecule has 0 aromatic carbocycles. The lowest BCUT2D eigenvalue weighted by Gasteiger charge is -2.53. The summed E-state index contributed by atoms with van der Waals surface area (Å²) in [5.41, 5.74) is 0. The van der Waals surface area contributed by atoms with Crippen LogP contribution in [0.3, 0.4) is 0 Å². The number of ether oxygens (including phenoxy) is 2. The molecule has 5 heteroatoms. The van der Waals surface area contributed by atoms with E-state index < -0.39 is 0 Å². The summed E-state index contributed by atoms with van der Waals surface area (Å²) in [5, 5.41) is 3.88. The summed E-state index contributed by atoms with van der Waals surface area (Å²) in [7, 11) is 0. The molecule has 0 aromatic rings. The Morgan fingerprint density at radius 3 is 1.66 bits per heavy atom. The third kappa shape index (κ3) is 6.92. The Hall–Kier alpha value is 0.580. The summed E-state index contributed by atoms with van der Waals surface area (Å²) in [4.78, 5) is 3.43. The van der Waals surface area contributed by atoms with E-state index >= 15 is 0 Å². The van der Waals surface area contributed by atoms with Crippen molar-refractivity contribution in [2.24, 2.45) is 71.0 Å². The van der Waals surface area contributed by atoms with Crippen LogP contribution in [0.5, 0.6) is 0 Å². The van der Waals surface area contributed by atoms with Crippen molar-refractivity contribution in [2.75, 3.05) is 0 Å². The van der Waals surface area contributed by atoms with Crippen molar-refractivity contribution in [3.63, 3.8) is 0 Å². The maximum Gasteiger partial charge on any atom is 0.0641 e. The van der Waals surface area contributed by atoms with Crippen molar-refractivity contribution in [1.82, 2.24) is 4.90 Å². The number of fused-ring (bicyclic) bond motifs is 13. The van der Waals surface area contributed by atoms with Crippen molar-refractivity contribution in [3.05, 3.63) is 0 Å². The Kier molecular flexibility index (Phi) is 11.3. The minimum absolute atomic E-state index is 0.619. The number of hydrogen-bond acceptors (Lipinski definition) is 5. The molecule has 9 aliphatic carbocycles. The summed E-state index contributed by atoms with van der Waals surface area (Å²) >= 11 is 5.18. The molecule has 13 fully saturated rings. The average Bonchev–Trinajstić information content (AvgIpc) is 4.07. The topological polar surface area (TPSA) is 21.7 Å². The molecule has 4 heterocycles. The standard InChI is InChI=1S/C54H85NO2S2/c1-4-19-46-38(10-1)40-15-7-13-36(51(40)57-46)32-22-26-34(27-23-32)55(45-18-9-17-41-39-11-3-6-21-49(39)58-53(41)45)35-28-24-33(25-29-35)37-14-8-16-42-43-30-31-48-50(54(43)59-52(37)42)44-12-2-5-20-47(44)56-48/h32-54H,1-31H2. The zero-order valence-corrected chi connectivity index (χ0v) is 38.9. The van der Waals surface area contributed by atoms with E-state index in [1.54, 1.807) is 44.9 Å². The fraction of sp³-hybridized carbons (Fsp3) is 1.00. The van der Waals surface area contributed by atoms with Gasteiger partial charge < -0.3 is 9.47 Å².